The molecule has 1 aromatic carbocycles. The maximum Gasteiger partial charge on any atom is 0.0502 e. The van der Waals surface area contributed by atoms with E-state index in [-0.39, 0.29) is 0 Å². The Morgan fingerprint density at radius 1 is 1.22 bits per heavy atom. The zero-order valence-corrected chi connectivity index (χ0v) is 13.4. The highest BCUT2D eigenvalue weighted by Crippen LogP contribution is 2.33. The number of rotatable bonds is 8. The van der Waals surface area contributed by atoms with Crippen LogP contribution in [0.1, 0.15) is 49.1 Å². The van der Waals surface area contributed by atoms with Crippen LogP contribution in [0.2, 0.25) is 0 Å². The van der Waals surface area contributed by atoms with E-state index in [2.05, 4.69) is 54.0 Å². The normalized spacial score (nSPS) is 14.4. The van der Waals surface area contributed by atoms with Crippen LogP contribution < -0.4 is 0 Å². The number of hydrogen-bond acceptors (Lipinski definition) is 1. The van der Waals surface area contributed by atoms with Crippen LogP contribution in [0.25, 0.3) is 0 Å². The van der Waals surface area contributed by atoms with Gasteiger partial charge in [-0.1, -0.05) is 66.9 Å². The minimum absolute atomic E-state index is 0.473. The predicted molar refractivity (Wildman–Crippen MR) is 82.4 cm³/mol. The van der Waals surface area contributed by atoms with Gasteiger partial charge in [0.25, 0.3) is 0 Å². The standard InChI is InChI=1S/C16H25BrO/c1-4-5-6-13(2)16(17)15-9-7-14(8-10-15)11-12-18-3/h7-10,13,16H,4-6,11-12H2,1-3H3. The van der Waals surface area contributed by atoms with Crippen LogP contribution in [0.5, 0.6) is 0 Å². The molecule has 0 bridgehead atoms. The molecule has 0 saturated heterocycles. The zero-order chi connectivity index (χ0) is 13.4. The lowest BCUT2D eigenvalue weighted by molar-refractivity contribution is 0.202. The molecule has 0 N–H and O–H groups in total. The summed E-state index contributed by atoms with van der Waals surface area (Å²) in [7, 11) is 1.75. The summed E-state index contributed by atoms with van der Waals surface area (Å²) in [6.07, 6.45) is 4.88. The van der Waals surface area contributed by atoms with Crippen LogP contribution >= 0.6 is 15.9 Å². The average molecular weight is 313 g/mol. The first kappa shape index (κ1) is 15.7. The molecule has 1 rings (SSSR count). The molecular weight excluding hydrogens is 288 g/mol. The van der Waals surface area contributed by atoms with E-state index in [0.717, 1.165) is 13.0 Å². The van der Waals surface area contributed by atoms with Crippen molar-refractivity contribution < 1.29 is 4.74 Å². The summed E-state index contributed by atoms with van der Waals surface area (Å²) < 4.78 is 5.10. The molecule has 0 aromatic heterocycles. The van der Waals surface area contributed by atoms with Gasteiger partial charge in [0.05, 0.1) is 6.61 Å². The lowest BCUT2D eigenvalue weighted by Crippen LogP contribution is -2.04. The SMILES string of the molecule is CCCCC(C)C(Br)c1ccc(CCOC)cc1. The van der Waals surface area contributed by atoms with Crippen molar-refractivity contribution in [1.82, 2.24) is 0 Å². The van der Waals surface area contributed by atoms with E-state index in [4.69, 9.17) is 4.74 Å². The van der Waals surface area contributed by atoms with Crippen molar-refractivity contribution in [3.63, 3.8) is 0 Å². The van der Waals surface area contributed by atoms with Crippen LogP contribution in [0.4, 0.5) is 0 Å². The van der Waals surface area contributed by atoms with Crippen LogP contribution in [0, 0.1) is 5.92 Å². The molecule has 2 unspecified atom stereocenters. The number of ether oxygens (including phenoxy) is 1. The molecule has 2 heteroatoms. The van der Waals surface area contributed by atoms with Gasteiger partial charge in [0, 0.05) is 11.9 Å². The Balaban J connectivity index is 2.55. The molecule has 0 aliphatic carbocycles. The molecule has 0 aliphatic heterocycles. The molecule has 0 amide bonds. The van der Waals surface area contributed by atoms with Crippen LogP contribution in [-0.2, 0) is 11.2 Å². The number of alkyl halides is 1. The highest BCUT2D eigenvalue weighted by atomic mass is 79.9. The third kappa shape index (κ3) is 5.11. The van der Waals surface area contributed by atoms with E-state index in [0.29, 0.717) is 10.7 Å². The summed E-state index contributed by atoms with van der Waals surface area (Å²) >= 11 is 3.83. The van der Waals surface area contributed by atoms with Crippen molar-refractivity contribution >= 4 is 15.9 Å². The van der Waals surface area contributed by atoms with Crippen LogP contribution in [0.3, 0.4) is 0 Å². The first-order valence-electron chi connectivity index (χ1n) is 6.90. The first-order valence-corrected chi connectivity index (χ1v) is 7.82. The number of halogens is 1. The van der Waals surface area contributed by atoms with E-state index >= 15 is 0 Å². The molecule has 0 radical (unpaired) electrons. The average Bonchev–Trinajstić information content (AvgIpc) is 2.42. The highest BCUT2D eigenvalue weighted by Gasteiger charge is 2.15. The Bertz CT molecular complexity index is 320. The van der Waals surface area contributed by atoms with Gasteiger partial charge in [-0.15, -0.1) is 0 Å². The van der Waals surface area contributed by atoms with E-state index in [9.17, 15) is 0 Å². The lowest BCUT2D eigenvalue weighted by Gasteiger charge is -2.18. The quantitative estimate of drug-likeness (QED) is 0.604. The fourth-order valence-electron chi connectivity index (χ4n) is 2.09. The molecule has 0 aliphatic rings. The molecule has 0 heterocycles. The molecule has 2 atom stereocenters. The monoisotopic (exact) mass is 312 g/mol. The summed E-state index contributed by atoms with van der Waals surface area (Å²) in [6, 6.07) is 8.92. The topological polar surface area (TPSA) is 9.23 Å². The molecule has 102 valence electrons. The molecule has 0 fully saturated rings. The second kappa shape index (κ2) is 8.71. The third-order valence-electron chi connectivity index (χ3n) is 3.41. The Kier molecular flexibility index (Phi) is 7.60. The van der Waals surface area contributed by atoms with Gasteiger partial charge in [-0.3, -0.25) is 0 Å². The number of methoxy groups -OCH3 is 1. The minimum Gasteiger partial charge on any atom is -0.384 e. The van der Waals surface area contributed by atoms with Crippen LogP contribution in [-0.4, -0.2) is 13.7 Å². The Labute approximate surface area is 120 Å². The van der Waals surface area contributed by atoms with Gasteiger partial charge < -0.3 is 4.74 Å². The smallest absolute Gasteiger partial charge is 0.0502 e. The number of unbranched alkanes of at least 4 members (excludes halogenated alkanes) is 1. The molecule has 1 aromatic rings. The van der Waals surface area contributed by atoms with Gasteiger partial charge in [-0.05, 0) is 29.9 Å². The Morgan fingerprint density at radius 3 is 2.44 bits per heavy atom. The fourth-order valence-corrected chi connectivity index (χ4v) is 2.66. The maximum atomic E-state index is 5.10. The number of benzene rings is 1. The summed E-state index contributed by atoms with van der Waals surface area (Å²) in [6.45, 7) is 5.37. The van der Waals surface area contributed by atoms with E-state index in [1.165, 1.54) is 30.4 Å². The van der Waals surface area contributed by atoms with Crippen molar-refractivity contribution in [1.29, 1.82) is 0 Å². The van der Waals surface area contributed by atoms with Crippen molar-refractivity contribution in [3.05, 3.63) is 35.4 Å². The second-order valence-corrected chi connectivity index (χ2v) is 5.99. The summed E-state index contributed by atoms with van der Waals surface area (Å²) in [4.78, 5) is 0.473. The molecule has 0 saturated carbocycles. The summed E-state index contributed by atoms with van der Waals surface area (Å²) in [5.41, 5.74) is 2.74. The molecular formula is C16H25BrO. The van der Waals surface area contributed by atoms with Crippen molar-refractivity contribution in [2.45, 2.75) is 44.4 Å². The first-order chi connectivity index (χ1) is 8.69. The van der Waals surface area contributed by atoms with Crippen LogP contribution in [0.15, 0.2) is 24.3 Å². The molecule has 1 nitrogen and oxygen atoms in total. The largest absolute Gasteiger partial charge is 0.384 e. The van der Waals surface area contributed by atoms with Crippen molar-refractivity contribution in [2.75, 3.05) is 13.7 Å². The highest BCUT2D eigenvalue weighted by molar-refractivity contribution is 9.09. The van der Waals surface area contributed by atoms with E-state index < -0.39 is 0 Å². The van der Waals surface area contributed by atoms with Gasteiger partial charge in [-0.25, -0.2) is 0 Å². The second-order valence-electron chi connectivity index (χ2n) is 5.01. The predicted octanol–water partition coefficient (Wildman–Crippen LogP) is 5.14. The van der Waals surface area contributed by atoms with E-state index in [1.54, 1.807) is 7.11 Å². The molecule has 18 heavy (non-hydrogen) atoms. The Hall–Kier alpha value is -0.340. The summed E-state index contributed by atoms with van der Waals surface area (Å²) in [5, 5.41) is 0. The van der Waals surface area contributed by atoms with Gasteiger partial charge in [0.2, 0.25) is 0 Å². The zero-order valence-electron chi connectivity index (χ0n) is 11.8. The number of hydrogen-bond donors (Lipinski definition) is 0. The third-order valence-corrected chi connectivity index (χ3v) is 4.84. The van der Waals surface area contributed by atoms with Crippen molar-refractivity contribution in [3.8, 4) is 0 Å². The fraction of sp³-hybridized carbons (Fsp3) is 0.625. The van der Waals surface area contributed by atoms with Gasteiger partial charge in [0.15, 0.2) is 0 Å². The van der Waals surface area contributed by atoms with Gasteiger partial charge >= 0.3 is 0 Å². The maximum absolute atomic E-state index is 5.10. The van der Waals surface area contributed by atoms with Crippen molar-refractivity contribution in [2.24, 2.45) is 5.92 Å². The molecule has 0 spiro atoms. The lowest BCUT2D eigenvalue weighted by atomic mass is 9.95. The van der Waals surface area contributed by atoms with E-state index in [1.807, 2.05) is 0 Å². The minimum atomic E-state index is 0.473. The van der Waals surface area contributed by atoms with Gasteiger partial charge in [0.1, 0.15) is 0 Å². The Morgan fingerprint density at radius 2 is 1.89 bits per heavy atom. The van der Waals surface area contributed by atoms with Gasteiger partial charge in [-0.2, -0.15) is 0 Å². The summed E-state index contributed by atoms with van der Waals surface area (Å²) in [5.74, 6) is 0.690.